The molecule has 1 N–H and O–H groups in total. The Balaban J connectivity index is 1.81. The van der Waals surface area contributed by atoms with E-state index in [2.05, 4.69) is 20.3 Å². The highest BCUT2D eigenvalue weighted by Gasteiger charge is 2.03. The normalized spacial score (nSPS) is 10.9. The van der Waals surface area contributed by atoms with Crippen LogP contribution in [0.5, 0.6) is 0 Å². The molecule has 0 spiro atoms. The van der Waals surface area contributed by atoms with Crippen LogP contribution in [0.25, 0.3) is 5.65 Å². The number of thiazole rings is 1. The third kappa shape index (κ3) is 1.99. The maximum Gasteiger partial charge on any atom is 0.183 e. The van der Waals surface area contributed by atoms with Crippen LogP contribution < -0.4 is 5.32 Å². The van der Waals surface area contributed by atoms with Gasteiger partial charge in [-0.15, -0.1) is 11.3 Å². The van der Waals surface area contributed by atoms with E-state index in [1.807, 2.05) is 29.9 Å². The van der Waals surface area contributed by atoms with Crippen molar-refractivity contribution >= 4 is 22.1 Å². The van der Waals surface area contributed by atoms with Crippen LogP contribution in [0.2, 0.25) is 0 Å². The summed E-state index contributed by atoms with van der Waals surface area (Å²) in [5.41, 5.74) is 1.95. The molecular formula is C11H11N5S. The van der Waals surface area contributed by atoms with Crippen LogP contribution in [-0.2, 0) is 6.54 Å². The average molecular weight is 245 g/mol. The van der Waals surface area contributed by atoms with E-state index in [4.69, 9.17) is 0 Å². The molecule has 0 aliphatic carbocycles. The van der Waals surface area contributed by atoms with Crippen molar-refractivity contribution in [2.75, 3.05) is 5.32 Å². The minimum atomic E-state index is 0.706. The molecule has 0 unspecified atom stereocenters. The molecule has 86 valence electrons. The molecule has 0 aliphatic rings. The summed E-state index contributed by atoms with van der Waals surface area (Å²) in [6, 6.07) is 0. The van der Waals surface area contributed by atoms with Gasteiger partial charge in [-0.1, -0.05) is 0 Å². The van der Waals surface area contributed by atoms with Crippen molar-refractivity contribution in [3.8, 4) is 0 Å². The Morgan fingerprint density at radius 2 is 2.24 bits per heavy atom. The van der Waals surface area contributed by atoms with Crippen LogP contribution in [0, 0.1) is 6.92 Å². The lowest BCUT2D eigenvalue weighted by atomic mass is 10.4. The molecule has 0 atom stereocenters. The molecule has 3 aromatic rings. The number of hydrogen-bond acceptors (Lipinski definition) is 5. The summed E-state index contributed by atoms with van der Waals surface area (Å²) < 4.78 is 2.01. The molecule has 3 heterocycles. The zero-order valence-electron chi connectivity index (χ0n) is 9.29. The summed E-state index contributed by atoms with van der Waals surface area (Å²) >= 11 is 1.65. The number of fused-ring (bicyclic) bond motifs is 1. The fourth-order valence-corrected chi connectivity index (χ4v) is 2.29. The zero-order valence-corrected chi connectivity index (χ0v) is 10.1. The Labute approximate surface area is 102 Å². The zero-order chi connectivity index (χ0) is 11.7. The summed E-state index contributed by atoms with van der Waals surface area (Å²) in [5, 5.41) is 4.22. The largest absolute Gasteiger partial charge is 0.356 e. The molecule has 6 heteroatoms. The Bertz CT molecular complexity index is 642. The minimum absolute atomic E-state index is 0.706. The topological polar surface area (TPSA) is 55.1 Å². The first kappa shape index (κ1) is 10.2. The van der Waals surface area contributed by atoms with Crippen molar-refractivity contribution in [2.45, 2.75) is 13.5 Å². The first-order valence-electron chi connectivity index (χ1n) is 5.25. The monoisotopic (exact) mass is 245 g/mol. The predicted molar refractivity (Wildman–Crippen MR) is 67.2 cm³/mol. The van der Waals surface area contributed by atoms with Crippen molar-refractivity contribution < 1.29 is 0 Å². The van der Waals surface area contributed by atoms with Crippen LogP contribution in [0.15, 0.2) is 31.0 Å². The molecule has 0 saturated heterocycles. The molecule has 0 aromatic carbocycles. The van der Waals surface area contributed by atoms with Gasteiger partial charge in [0.05, 0.1) is 24.6 Å². The average Bonchev–Trinajstić information content (AvgIpc) is 2.93. The fourth-order valence-electron chi connectivity index (χ4n) is 1.63. The van der Waals surface area contributed by atoms with Gasteiger partial charge >= 0.3 is 0 Å². The van der Waals surface area contributed by atoms with Gasteiger partial charge in [0.25, 0.3) is 0 Å². The first-order valence-corrected chi connectivity index (χ1v) is 6.07. The number of nitrogens with one attached hydrogen (secondary N) is 1. The van der Waals surface area contributed by atoms with E-state index in [1.54, 1.807) is 23.7 Å². The number of rotatable bonds is 3. The van der Waals surface area contributed by atoms with E-state index < -0.39 is 0 Å². The van der Waals surface area contributed by atoms with Crippen LogP contribution in [0.3, 0.4) is 0 Å². The van der Waals surface area contributed by atoms with E-state index >= 15 is 0 Å². The van der Waals surface area contributed by atoms with Crippen LogP contribution in [0.1, 0.15) is 10.6 Å². The summed E-state index contributed by atoms with van der Waals surface area (Å²) in [7, 11) is 0. The summed E-state index contributed by atoms with van der Waals surface area (Å²) in [6.07, 6.45) is 9.13. The van der Waals surface area contributed by atoms with Gasteiger partial charge in [0, 0.05) is 23.5 Å². The molecule has 3 aromatic heterocycles. The van der Waals surface area contributed by atoms with E-state index in [9.17, 15) is 0 Å². The van der Waals surface area contributed by atoms with Gasteiger partial charge in [-0.05, 0) is 6.92 Å². The Morgan fingerprint density at radius 3 is 3.06 bits per heavy atom. The van der Waals surface area contributed by atoms with Gasteiger partial charge < -0.3 is 5.32 Å². The summed E-state index contributed by atoms with van der Waals surface area (Å²) in [4.78, 5) is 13.8. The minimum Gasteiger partial charge on any atom is -0.356 e. The lowest BCUT2D eigenvalue weighted by Gasteiger charge is -2.02. The number of hydrogen-bond donors (Lipinski definition) is 1. The van der Waals surface area contributed by atoms with Crippen LogP contribution in [-0.4, -0.2) is 19.4 Å². The molecule has 0 radical (unpaired) electrons. The molecule has 0 fully saturated rings. The fraction of sp³-hybridized carbons (Fsp3) is 0.182. The highest BCUT2D eigenvalue weighted by molar-refractivity contribution is 7.15. The van der Waals surface area contributed by atoms with Gasteiger partial charge in [-0.25, -0.2) is 9.97 Å². The lowest BCUT2D eigenvalue weighted by molar-refractivity contribution is 0.988. The second-order valence-electron chi connectivity index (χ2n) is 3.68. The van der Waals surface area contributed by atoms with Gasteiger partial charge in [-0.3, -0.25) is 9.38 Å². The molecule has 0 bridgehead atoms. The highest BCUT2D eigenvalue weighted by atomic mass is 32.1. The summed E-state index contributed by atoms with van der Waals surface area (Å²) in [6.45, 7) is 2.75. The Morgan fingerprint density at radius 1 is 1.29 bits per heavy atom. The Kier molecular flexibility index (Phi) is 2.49. The lowest BCUT2D eigenvalue weighted by Crippen LogP contribution is -2.02. The van der Waals surface area contributed by atoms with Gasteiger partial charge in [0.15, 0.2) is 10.8 Å². The van der Waals surface area contributed by atoms with Crippen molar-refractivity contribution in [2.24, 2.45) is 0 Å². The maximum atomic E-state index is 4.28. The second kappa shape index (κ2) is 4.14. The predicted octanol–water partition coefficient (Wildman–Crippen LogP) is 2.11. The molecule has 3 rings (SSSR count). The SMILES string of the molecule is Cc1cnc(NCc2cnc3cnccn23)s1. The molecule has 0 amide bonds. The van der Waals surface area contributed by atoms with Crippen LogP contribution in [0.4, 0.5) is 5.13 Å². The molecule has 17 heavy (non-hydrogen) atoms. The van der Waals surface area contributed by atoms with E-state index in [0.717, 1.165) is 16.5 Å². The van der Waals surface area contributed by atoms with Crippen molar-refractivity contribution in [1.29, 1.82) is 0 Å². The molecular weight excluding hydrogens is 234 g/mol. The van der Waals surface area contributed by atoms with Crippen molar-refractivity contribution in [1.82, 2.24) is 19.4 Å². The smallest absolute Gasteiger partial charge is 0.183 e. The number of imidazole rings is 1. The standard InChI is InChI=1S/C11H11N5S/c1-8-4-14-11(17-8)15-6-9-5-13-10-7-12-2-3-16(9)10/h2-5,7H,6H2,1H3,(H,14,15). The molecule has 0 aliphatic heterocycles. The maximum absolute atomic E-state index is 4.28. The highest BCUT2D eigenvalue weighted by Crippen LogP contribution is 2.17. The van der Waals surface area contributed by atoms with E-state index in [0.29, 0.717) is 6.54 Å². The third-order valence-corrected chi connectivity index (χ3v) is 3.31. The van der Waals surface area contributed by atoms with Gasteiger partial charge in [0.2, 0.25) is 0 Å². The number of anilines is 1. The molecule has 5 nitrogen and oxygen atoms in total. The van der Waals surface area contributed by atoms with Crippen molar-refractivity contribution in [3.05, 3.63) is 41.6 Å². The third-order valence-electron chi connectivity index (χ3n) is 2.44. The van der Waals surface area contributed by atoms with Crippen molar-refractivity contribution in [3.63, 3.8) is 0 Å². The van der Waals surface area contributed by atoms with Gasteiger partial charge in [0.1, 0.15) is 0 Å². The Hall–Kier alpha value is -1.95. The van der Waals surface area contributed by atoms with E-state index in [-0.39, 0.29) is 0 Å². The number of nitrogens with zero attached hydrogens (tertiary/aromatic N) is 4. The van der Waals surface area contributed by atoms with E-state index in [1.165, 1.54) is 4.88 Å². The molecule has 0 saturated carbocycles. The second-order valence-corrected chi connectivity index (χ2v) is 4.92. The number of aryl methyl sites for hydroxylation is 1. The number of aromatic nitrogens is 4. The summed E-state index contributed by atoms with van der Waals surface area (Å²) in [5.74, 6) is 0. The quantitative estimate of drug-likeness (QED) is 0.767. The van der Waals surface area contributed by atoms with Gasteiger partial charge in [-0.2, -0.15) is 0 Å². The van der Waals surface area contributed by atoms with Crippen LogP contribution >= 0.6 is 11.3 Å². The first-order chi connectivity index (χ1) is 8.33.